The first kappa shape index (κ1) is 14.2. The summed E-state index contributed by atoms with van der Waals surface area (Å²) in [5, 5.41) is 0. The minimum Gasteiger partial charge on any atom is -0.383 e. The molecule has 0 aliphatic rings. The van der Waals surface area contributed by atoms with Gasteiger partial charge in [-0.2, -0.15) is 0 Å². The van der Waals surface area contributed by atoms with Crippen molar-refractivity contribution >= 4 is 10.0 Å². The Hall–Kier alpha value is -0.890. The van der Waals surface area contributed by atoms with Crippen LogP contribution in [0.15, 0.2) is 17.2 Å². The van der Waals surface area contributed by atoms with E-state index in [1.54, 1.807) is 7.11 Å². The largest absolute Gasteiger partial charge is 0.383 e. The smallest absolute Gasteiger partial charge is 0.242 e. The van der Waals surface area contributed by atoms with E-state index >= 15 is 0 Å². The second kappa shape index (κ2) is 6.15. The molecular formula is C10H19N3O3S. The average Bonchev–Trinajstić information content (AvgIpc) is 2.77. The summed E-state index contributed by atoms with van der Waals surface area (Å²) in [5.41, 5.74) is 6.10. The van der Waals surface area contributed by atoms with Crippen LogP contribution >= 0.6 is 0 Å². The van der Waals surface area contributed by atoms with Crippen LogP contribution in [0, 0.1) is 0 Å². The van der Waals surface area contributed by atoms with Crippen molar-refractivity contribution in [3.8, 4) is 0 Å². The maximum atomic E-state index is 12.0. The highest BCUT2D eigenvalue weighted by molar-refractivity contribution is 7.89. The Labute approximate surface area is 102 Å². The van der Waals surface area contributed by atoms with Gasteiger partial charge in [-0.15, -0.1) is 0 Å². The first-order chi connectivity index (χ1) is 8.03. The Morgan fingerprint density at radius 3 is 2.76 bits per heavy atom. The third kappa shape index (κ3) is 3.81. The van der Waals surface area contributed by atoms with Crippen molar-refractivity contribution in [1.29, 1.82) is 0 Å². The second-order valence-electron chi connectivity index (χ2n) is 3.75. The highest BCUT2D eigenvalue weighted by atomic mass is 32.2. The topological polar surface area (TPSA) is 97.2 Å². The number of aromatic nitrogens is 1. The molecule has 7 heteroatoms. The Balaban J connectivity index is 2.80. The molecule has 1 rings (SSSR count). The number of hydrogen-bond donors (Lipinski definition) is 3. The quantitative estimate of drug-likeness (QED) is 0.652. The predicted molar refractivity (Wildman–Crippen MR) is 65.0 cm³/mol. The van der Waals surface area contributed by atoms with Crippen LogP contribution in [0.1, 0.15) is 19.0 Å². The molecule has 0 saturated heterocycles. The van der Waals surface area contributed by atoms with E-state index in [1.807, 2.05) is 6.92 Å². The second-order valence-corrected chi connectivity index (χ2v) is 5.46. The first-order valence-electron chi connectivity index (χ1n) is 5.42. The molecule has 0 amide bonds. The maximum absolute atomic E-state index is 12.0. The summed E-state index contributed by atoms with van der Waals surface area (Å²) in [5.74, 6) is 0. The molecule has 0 saturated carbocycles. The van der Waals surface area contributed by atoms with E-state index in [-0.39, 0.29) is 17.5 Å². The number of sulfonamides is 1. The lowest BCUT2D eigenvalue weighted by molar-refractivity contribution is 0.173. The molecule has 0 aliphatic carbocycles. The Morgan fingerprint density at radius 2 is 2.29 bits per heavy atom. The van der Waals surface area contributed by atoms with Gasteiger partial charge in [-0.25, -0.2) is 13.1 Å². The zero-order valence-electron chi connectivity index (χ0n) is 10.1. The molecule has 4 N–H and O–H groups in total. The van der Waals surface area contributed by atoms with Crippen LogP contribution in [0.25, 0.3) is 0 Å². The van der Waals surface area contributed by atoms with Crippen molar-refractivity contribution in [2.45, 2.75) is 30.8 Å². The van der Waals surface area contributed by atoms with Crippen LogP contribution in [-0.2, 0) is 21.3 Å². The number of methoxy groups -OCH3 is 1. The van der Waals surface area contributed by atoms with Gasteiger partial charge in [0.15, 0.2) is 0 Å². The molecule has 0 spiro atoms. The summed E-state index contributed by atoms with van der Waals surface area (Å²) >= 11 is 0. The molecule has 1 unspecified atom stereocenters. The van der Waals surface area contributed by atoms with Gasteiger partial charge in [-0.3, -0.25) is 0 Å². The van der Waals surface area contributed by atoms with Crippen LogP contribution in [0.2, 0.25) is 0 Å². The molecule has 6 nitrogen and oxygen atoms in total. The maximum Gasteiger partial charge on any atom is 0.242 e. The molecule has 0 bridgehead atoms. The van der Waals surface area contributed by atoms with Crippen LogP contribution in [0.5, 0.6) is 0 Å². The standard InChI is InChI=1S/C10H19N3O3S/c1-3-8(7-16-2)13-17(14,15)10-4-9(5-11)12-6-10/h4,6,8,12-13H,3,5,7,11H2,1-2H3. The van der Waals surface area contributed by atoms with Gasteiger partial charge in [0.25, 0.3) is 0 Å². The van der Waals surface area contributed by atoms with Gasteiger partial charge in [-0.1, -0.05) is 6.92 Å². The van der Waals surface area contributed by atoms with E-state index in [2.05, 4.69) is 9.71 Å². The number of hydrogen-bond acceptors (Lipinski definition) is 4. The summed E-state index contributed by atoms with van der Waals surface area (Å²) in [6, 6.07) is 1.31. The lowest BCUT2D eigenvalue weighted by Crippen LogP contribution is -2.37. The van der Waals surface area contributed by atoms with Crippen molar-refractivity contribution in [1.82, 2.24) is 9.71 Å². The zero-order valence-corrected chi connectivity index (χ0v) is 10.9. The van der Waals surface area contributed by atoms with Gasteiger partial charge in [0.05, 0.1) is 11.5 Å². The van der Waals surface area contributed by atoms with Gasteiger partial charge in [0.2, 0.25) is 10.0 Å². The highest BCUT2D eigenvalue weighted by Gasteiger charge is 2.20. The van der Waals surface area contributed by atoms with Crippen molar-refractivity contribution in [2.24, 2.45) is 5.73 Å². The van der Waals surface area contributed by atoms with Gasteiger partial charge in [-0.05, 0) is 12.5 Å². The lowest BCUT2D eigenvalue weighted by Gasteiger charge is -2.15. The van der Waals surface area contributed by atoms with Crippen molar-refractivity contribution in [2.75, 3.05) is 13.7 Å². The van der Waals surface area contributed by atoms with Gasteiger partial charge >= 0.3 is 0 Å². The minimum atomic E-state index is -3.50. The third-order valence-corrected chi connectivity index (χ3v) is 3.93. The predicted octanol–water partition coefficient (Wildman–Crippen LogP) is 0.177. The van der Waals surface area contributed by atoms with E-state index < -0.39 is 10.0 Å². The fraction of sp³-hybridized carbons (Fsp3) is 0.600. The summed E-state index contributed by atoms with van der Waals surface area (Å²) in [6.07, 6.45) is 2.10. The van der Waals surface area contributed by atoms with E-state index in [0.29, 0.717) is 18.7 Å². The zero-order chi connectivity index (χ0) is 12.9. The van der Waals surface area contributed by atoms with E-state index in [4.69, 9.17) is 10.5 Å². The van der Waals surface area contributed by atoms with E-state index in [0.717, 1.165) is 0 Å². The highest BCUT2D eigenvalue weighted by Crippen LogP contribution is 2.11. The number of rotatable bonds is 7. The minimum absolute atomic E-state index is 0.201. The average molecular weight is 261 g/mol. The van der Waals surface area contributed by atoms with Crippen molar-refractivity contribution < 1.29 is 13.2 Å². The van der Waals surface area contributed by atoms with Crippen LogP contribution in [0.3, 0.4) is 0 Å². The molecule has 1 heterocycles. The monoisotopic (exact) mass is 261 g/mol. The summed E-state index contributed by atoms with van der Waals surface area (Å²) in [6.45, 7) is 2.53. The number of aromatic amines is 1. The fourth-order valence-corrected chi connectivity index (χ4v) is 2.74. The lowest BCUT2D eigenvalue weighted by atomic mass is 10.3. The Kier molecular flexibility index (Phi) is 5.13. The SMILES string of the molecule is CCC(COC)NS(=O)(=O)c1c[nH]c(CN)c1. The number of nitrogens with two attached hydrogens (primary N) is 1. The molecule has 0 aromatic carbocycles. The Morgan fingerprint density at radius 1 is 1.59 bits per heavy atom. The molecule has 1 aromatic rings. The van der Waals surface area contributed by atoms with Gasteiger partial charge < -0.3 is 15.5 Å². The third-order valence-electron chi connectivity index (χ3n) is 2.43. The molecular weight excluding hydrogens is 242 g/mol. The first-order valence-corrected chi connectivity index (χ1v) is 6.90. The van der Waals surface area contributed by atoms with E-state index in [9.17, 15) is 8.42 Å². The Bertz CT molecular complexity index is 441. The van der Waals surface area contributed by atoms with Crippen LogP contribution in [-0.4, -0.2) is 33.2 Å². The van der Waals surface area contributed by atoms with Crippen LogP contribution < -0.4 is 10.5 Å². The number of nitrogens with one attached hydrogen (secondary N) is 2. The van der Waals surface area contributed by atoms with Crippen molar-refractivity contribution in [3.63, 3.8) is 0 Å². The molecule has 0 radical (unpaired) electrons. The molecule has 98 valence electrons. The molecule has 0 fully saturated rings. The number of ether oxygens (including phenoxy) is 1. The van der Waals surface area contributed by atoms with Gasteiger partial charge in [0.1, 0.15) is 0 Å². The molecule has 1 aromatic heterocycles. The normalized spacial score (nSPS) is 13.8. The summed E-state index contributed by atoms with van der Waals surface area (Å²) < 4.78 is 31.5. The summed E-state index contributed by atoms with van der Waals surface area (Å²) in [7, 11) is -1.96. The van der Waals surface area contributed by atoms with E-state index in [1.165, 1.54) is 12.3 Å². The fourth-order valence-electron chi connectivity index (χ4n) is 1.42. The molecule has 1 atom stereocenters. The van der Waals surface area contributed by atoms with Crippen LogP contribution in [0.4, 0.5) is 0 Å². The number of H-pyrrole nitrogens is 1. The molecule has 0 aliphatic heterocycles. The van der Waals surface area contributed by atoms with Gasteiger partial charge in [0, 0.05) is 31.6 Å². The molecule has 17 heavy (non-hydrogen) atoms. The summed E-state index contributed by atoms with van der Waals surface area (Å²) in [4.78, 5) is 3.01. The van der Waals surface area contributed by atoms with Crippen molar-refractivity contribution in [3.05, 3.63) is 18.0 Å².